The summed E-state index contributed by atoms with van der Waals surface area (Å²) in [4.78, 5) is 0. The number of hydrogen-bond acceptors (Lipinski definition) is 1. The molecule has 1 atom stereocenters. The Morgan fingerprint density at radius 2 is 1.85 bits per heavy atom. The van der Waals surface area contributed by atoms with Gasteiger partial charge in [0, 0.05) is 0 Å². The van der Waals surface area contributed by atoms with Crippen LogP contribution in [0.5, 0.6) is 0 Å². The van der Waals surface area contributed by atoms with Crippen LogP contribution in [-0.4, -0.2) is 5.11 Å². The van der Waals surface area contributed by atoms with E-state index in [1.54, 1.807) is 0 Å². The van der Waals surface area contributed by atoms with E-state index in [1.807, 2.05) is 0 Å². The monoisotopic (exact) mass is 174 g/mol. The molecule has 1 unspecified atom stereocenters. The number of aliphatic hydroxyl groups excluding tert-OH is 1. The van der Waals surface area contributed by atoms with E-state index < -0.39 is 0 Å². The first kappa shape index (κ1) is 7.57. The van der Waals surface area contributed by atoms with E-state index in [2.05, 4.69) is 18.2 Å². The zero-order chi connectivity index (χ0) is 8.84. The maximum Gasteiger partial charge on any atom is 0.0796 e. The Bertz CT molecular complexity index is 339. The van der Waals surface area contributed by atoms with Gasteiger partial charge < -0.3 is 5.11 Å². The highest BCUT2D eigenvalue weighted by molar-refractivity contribution is 5.43. The van der Waals surface area contributed by atoms with E-state index in [0.29, 0.717) is 0 Å². The third kappa shape index (κ3) is 1.11. The first-order chi connectivity index (χ1) is 6.36. The van der Waals surface area contributed by atoms with Crippen molar-refractivity contribution in [2.45, 2.75) is 37.7 Å². The third-order valence-electron chi connectivity index (χ3n) is 3.29. The SMILES string of the molecule is OC1CCc2c1cccc2C1CC1. The van der Waals surface area contributed by atoms with Crippen molar-refractivity contribution in [1.82, 2.24) is 0 Å². The number of benzene rings is 1. The molecule has 1 heteroatoms. The van der Waals surface area contributed by atoms with Crippen molar-refractivity contribution in [3.05, 3.63) is 34.9 Å². The van der Waals surface area contributed by atoms with Crippen molar-refractivity contribution >= 4 is 0 Å². The van der Waals surface area contributed by atoms with Crippen molar-refractivity contribution in [1.29, 1.82) is 0 Å². The quantitative estimate of drug-likeness (QED) is 0.693. The van der Waals surface area contributed by atoms with Crippen LogP contribution in [0.3, 0.4) is 0 Å². The summed E-state index contributed by atoms with van der Waals surface area (Å²) >= 11 is 0. The summed E-state index contributed by atoms with van der Waals surface area (Å²) in [5.41, 5.74) is 4.18. The molecule has 13 heavy (non-hydrogen) atoms. The molecule has 1 aromatic carbocycles. The summed E-state index contributed by atoms with van der Waals surface area (Å²) in [7, 11) is 0. The maximum absolute atomic E-state index is 9.71. The van der Waals surface area contributed by atoms with Crippen LogP contribution in [0.15, 0.2) is 18.2 Å². The van der Waals surface area contributed by atoms with Crippen LogP contribution in [0.2, 0.25) is 0 Å². The largest absolute Gasteiger partial charge is 0.388 e. The highest BCUT2D eigenvalue weighted by Gasteiger charge is 2.30. The predicted octanol–water partition coefficient (Wildman–Crippen LogP) is 2.54. The molecule has 0 aromatic heterocycles. The van der Waals surface area contributed by atoms with Gasteiger partial charge in [-0.2, -0.15) is 0 Å². The molecule has 68 valence electrons. The molecule has 1 fully saturated rings. The van der Waals surface area contributed by atoms with Crippen LogP contribution < -0.4 is 0 Å². The van der Waals surface area contributed by atoms with Gasteiger partial charge in [0.05, 0.1) is 6.10 Å². The van der Waals surface area contributed by atoms with Crippen LogP contribution in [0.1, 0.15) is 48.0 Å². The maximum atomic E-state index is 9.71. The fourth-order valence-corrected chi connectivity index (χ4v) is 2.44. The minimum Gasteiger partial charge on any atom is -0.388 e. The molecule has 2 aliphatic carbocycles. The Morgan fingerprint density at radius 3 is 2.62 bits per heavy atom. The standard InChI is InChI=1S/C12H14O/c13-12-7-6-10-9(8-4-5-8)2-1-3-11(10)12/h1-3,8,12-13H,4-7H2. The Balaban J connectivity index is 2.11. The predicted molar refractivity (Wildman–Crippen MR) is 51.7 cm³/mol. The summed E-state index contributed by atoms with van der Waals surface area (Å²) in [5.74, 6) is 0.820. The molecule has 0 saturated heterocycles. The Labute approximate surface area is 78.4 Å². The summed E-state index contributed by atoms with van der Waals surface area (Å²) < 4.78 is 0. The summed E-state index contributed by atoms with van der Waals surface area (Å²) in [5, 5.41) is 9.71. The van der Waals surface area contributed by atoms with Crippen molar-refractivity contribution in [2.24, 2.45) is 0 Å². The van der Waals surface area contributed by atoms with E-state index in [0.717, 1.165) is 18.8 Å². The molecule has 0 heterocycles. The van der Waals surface area contributed by atoms with Gasteiger partial charge in [0.1, 0.15) is 0 Å². The molecule has 0 spiro atoms. The van der Waals surface area contributed by atoms with Crippen molar-refractivity contribution in [3.8, 4) is 0 Å². The lowest BCUT2D eigenvalue weighted by molar-refractivity contribution is 0.180. The van der Waals surface area contributed by atoms with Crippen molar-refractivity contribution < 1.29 is 5.11 Å². The lowest BCUT2D eigenvalue weighted by Crippen LogP contribution is -1.92. The Hall–Kier alpha value is -0.820. The second kappa shape index (κ2) is 2.58. The van der Waals surface area contributed by atoms with E-state index in [-0.39, 0.29) is 6.10 Å². The van der Waals surface area contributed by atoms with Gasteiger partial charge in [0.15, 0.2) is 0 Å². The van der Waals surface area contributed by atoms with E-state index >= 15 is 0 Å². The third-order valence-corrected chi connectivity index (χ3v) is 3.29. The fraction of sp³-hybridized carbons (Fsp3) is 0.500. The van der Waals surface area contributed by atoms with Crippen LogP contribution >= 0.6 is 0 Å². The van der Waals surface area contributed by atoms with Gasteiger partial charge in [0.2, 0.25) is 0 Å². The molecule has 1 N–H and O–H groups in total. The zero-order valence-electron chi connectivity index (χ0n) is 7.66. The number of aliphatic hydroxyl groups is 1. The summed E-state index contributed by atoms with van der Waals surface area (Å²) in [6, 6.07) is 6.43. The average Bonchev–Trinajstić information content (AvgIpc) is 2.92. The lowest BCUT2D eigenvalue weighted by Gasteiger charge is -2.07. The zero-order valence-corrected chi connectivity index (χ0v) is 7.66. The van der Waals surface area contributed by atoms with E-state index in [1.165, 1.54) is 29.5 Å². The van der Waals surface area contributed by atoms with Crippen LogP contribution in [0, 0.1) is 0 Å². The van der Waals surface area contributed by atoms with Crippen LogP contribution in [0.25, 0.3) is 0 Å². The smallest absolute Gasteiger partial charge is 0.0796 e. The molecule has 1 nitrogen and oxygen atoms in total. The van der Waals surface area contributed by atoms with Crippen molar-refractivity contribution in [2.75, 3.05) is 0 Å². The van der Waals surface area contributed by atoms with Gasteiger partial charge in [-0.25, -0.2) is 0 Å². The second-order valence-electron chi connectivity index (χ2n) is 4.24. The van der Waals surface area contributed by atoms with E-state index in [4.69, 9.17) is 0 Å². The topological polar surface area (TPSA) is 20.2 Å². The minimum atomic E-state index is -0.186. The van der Waals surface area contributed by atoms with Crippen LogP contribution in [0.4, 0.5) is 0 Å². The summed E-state index contributed by atoms with van der Waals surface area (Å²) in [6.07, 6.45) is 4.54. The highest BCUT2D eigenvalue weighted by Crippen LogP contribution is 2.45. The molecule has 0 amide bonds. The lowest BCUT2D eigenvalue weighted by atomic mass is 9.99. The fourth-order valence-electron chi connectivity index (χ4n) is 2.44. The Kier molecular flexibility index (Phi) is 1.50. The van der Waals surface area contributed by atoms with Crippen molar-refractivity contribution in [3.63, 3.8) is 0 Å². The van der Waals surface area contributed by atoms with Gasteiger partial charge >= 0.3 is 0 Å². The molecule has 0 aliphatic heterocycles. The van der Waals surface area contributed by atoms with Crippen LogP contribution in [-0.2, 0) is 6.42 Å². The average molecular weight is 174 g/mol. The molecule has 1 aromatic rings. The molecule has 1 saturated carbocycles. The first-order valence-corrected chi connectivity index (χ1v) is 5.16. The van der Waals surface area contributed by atoms with Gasteiger partial charge in [0.25, 0.3) is 0 Å². The molecule has 3 rings (SSSR count). The van der Waals surface area contributed by atoms with E-state index in [9.17, 15) is 5.11 Å². The van der Waals surface area contributed by atoms with Gasteiger partial charge in [-0.15, -0.1) is 0 Å². The Morgan fingerprint density at radius 1 is 1.08 bits per heavy atom. The van der Waals surface area contributed by atoms with Gasteiger partial charge in [-0.05, 0) is 48.3 Å². The minimum absolute atomic E-state index is 0.186. The molecule has 0 bridgehead atoms. The highest BCUT2D eigenvalue weighted by atomic mass is 16.3. The molecule has 2 aliphatic rings. The first-order valence-electron chi connectivity index (χ1n) is 5.16. The molecular formula is C12H14O. The second-order valence-corrected chi connectivity index (χ2v) is 4.24. The summed E-state index contributed by atoms with van der Waals surface area (Å²) in [6.45, 7) is 0. The molecule has 0 radical (unpaired) electrons. The number of fused-ring (bicyclic) bond motifs is 1. The van der Waals surface area contributed by atoms with Gasteiger partial charge in [-0.3, -0.25) is 0 Å². The normalized spacial score (nSPS) is 26.1. The van der Waals surface area contributed by atoms with Gasteiger partial charge in [-0.1, -0.05) is 18.2 Å². The number of rotatable bonds is 1. The number of hydrogen-bond donors (Lipinski definition) is 1. The molecular weight excluding hydrogens is 160 g/mol.